The van der Waals surface area contributed by atoms with Crippen LogP contribution in [-0.2, 0) is 17.8 Å². The summed E-state index contributed by atoms with van der Waals surface area (Å²) in [6.45, 7) is 2.48. The maximum atomic E-state index is 13.3. The number of carbonyl (C=O) groups is 2. The number of imide groups is 1. The fourth-order valence-corrected chi connectivity index (χ4v) is 5.01. The van der Waals surface area contributed by atoms with Crippen LogP contribution in [0, 0.1) is 0 Å². The van der Waals surface area contributed by atoms with Gasteiger partial charge in [0, 0.05) is 18.3 Å². The Morgan fingerprint density at radius 1 is 1.15 bits per heavy atom. The molecule has 1 aromatic rings. The minimum absolute atomic E-state index is 0.173. The molecule has 33 heavy (non-hydrogen) atoms. The van der Waals surface area contributed by atoms with E-state index in [1.807, 2.05) is 30.3 Å². The van der Waals surface area contributed by atoms with Crippen LogP contribution in [0.25, 0.3) is 17.1 Å². The first-order valence-corrected chi connectivity index (χ1v) is 12.2. The summed E-state index contributed by atoms with van der Waals surface area (Å²) < 4.78 is 3.46. The minimum atomic E-state index is -0.539. The number of nitrogens with zero attached hydrogens (tertiary/aromatic N) is 4. The molecule has 1 unspecified atom stereocenters. The molecule has 1 atom stereocenters. The molecule has 10 heteroatoms. The zero-order valence-corrected chi connectivity index (χ0v) is 19.2. The van der Waals surface area contributed by atoms with Crippen molar-refractivity contribution in [2.75, 3.05) is 0 Å². The van der Waals surface area contributed by atoms with Crippen molar-refractivity contribution in [1.29, 1.82) is 0 Å². The van der Waals surface area contributed by atoms with E-state index in [2.05, 4.69) is 20.3 Å². The SMILES string of the molecule is CC(Sc1nc2nn(-c3ccccc3)c(=O)c-2c2n1CCCCC2)C(=O)NC(=O)NC1CC1. The van der Waals surface area contributed by atoms with E-state index in [0.717, 1.165) is 50.8 Å². The van der Waals surface area contributed by atoms with Crippen LogP contribution in [-0.4, -0.2) is 42.6 Å². The lowest BCUT2D eigenvalue weighted by molar-refractivity contribution is -0.119. The van der Waals surface area contributed by atoms with Crippen molar-refractivity contribution in [3.8, 4) is 17.1 Å². The normalized spacial score (nSPS) is 16.6. The van der Waals surface area contributed by atoms with Gasteiger partial charge in [0.2, 0.25) is 5.91 Å². The number of aromatic nitrogens is 4. The second kappa shape index (κ2) is 9.01. The van der Waals surface area contributed by atoms with Gasteiger partial charge in [-0.3, -0.25) is 14.9 Å². The molecule has 1 fully saturated rings. The number of para-hydroxylation sites is 1. The molecule has 1 aromatic carbocycles. The number of benzene rings is 1. The van der Waals surface area contributed by atoms with E-state index >= 15 is 0 Å². The molecule has 0 bridgehead atoms. The van der Waals surface area contributed by atoms with Gasteiger partial charge in [-0.05, 0) is 51.2 Å². The second-order valence-corrected chi connectivity index (χ2v) is 9.86. The van der Waals surface area contributed by atoms with Crippen LogP contribution < -0.4 is 16.2 Å². The predicted molar refractivity (Wildman–Crippen MR) is 125 cm³/mol. The average Bonchev–Trinajstić information content (AvgIpc) is 3.59. The largest absolute Gasteiger partial charge is 0.335 e. The molecule has 3 heterocycles. The van der Waals surface area contributed by atoms with Gasteiger partial charge in [0.1, 0.15) is 5.56 Å². The van der Waals surface area contributed by atoms with Gasteiger partial charge >= 0.3 is 6.03 Å². The first-order valence-electron chi connectivity index (χ1n) is 11.4. The molecular weight excluding hydrogens is 440 g/mol. The number of nitrogens with one attached hydrogen (secondary N) is 2. The number of thioether (sulfide) groups is 1. The van der Waals surface area contributed by atoms with Crippen LogP contribution in [0.1, 0.15) is 44.7 Å². The number of urea groups is 1. The first kappa shape index (κ1) is 21.7. The highest BCUT2D eigenvalue weighted by Gasteiger charge is 2.29. The Kier molecular flexibility index (Phi) is 5.92. The molecule has 0 saturated heterocycles. The van der Waals surface area contributed by atoms with Crippen LogP contribution in [0.5, 0.6) is 0 Å². The van der Waals surface area contributed by atoms with Crippen LogP contribution in [0.4, 0.5) is 4.79 Å². The molecule has 2 N–H and O–H groups in total. The van der Waals surface area contributed by atoms with Gasteiger partial charge < -0.3 is 9.88 Å². The summed E-state index contributed by atoms with van der Waals surface area (Å²) in [5.74, 6) is 0.0148. The predicted octanol–water partition coefficient (Wildman–Crippen LogP) is 2.73. The lowest BCUT2D eigenvalue weighted by Crippen LogP contribution is -2.43. The Labute approximate surface area is 195 Å². The van der Waals surface area contributed by atoms with Crippen LogP contribution in [0.3, 0.4) is 0 Å². The number of amides is 3. The molecule has 4 aliphatic rings. The van der Waals surface area contributed by atoms with Crippen molar-refractivity contribution in [2.45, 2.75) is 68.4 Å². The summed E-state index contributed by atoms with van der Waals surface area (Å²) in [4.78, 5) is 42.6. The molecule has 3 aliphatic heterocycles. The van der Waals surface area contributed by atoms with Crippen molar-refractivity contribution in [2.24, 2.45) is 0 Å². The lowest BCUT2D eigenvalue weighted by atomic mass is 10.1. The molecule has 1 saturated carbocycles. The molecule has 5 rings (SSSR count). The van der Waals surface area contributed by atoms with Crippen LogP contribution in [0.15, 0.2) is 40.3 Å². The van der Waals surface area contributed by atoms with Crippen molar-refractivity contribution in [3.05, 3.63) is 46.4 Å². The van der Waals surface area contributed by atoms with Crippen LogP contribution in [0.2, 0.25) is 0 Å². The number of carbonyl (C=O) groups excluding carboxylic acids is 2. The first-order chi connectivity index (χ1) is 16.0. The van der Waals surface area contributed by atoms with E-state index in [1.54, 1.807) is 6.92 Å². The van der Waals surface area contributed by atoms with Gasteiger partial charge in [0.15, 0.2) is 11.0 Å². The van der Waals surface area contributed by atoms with Gasteiger partial charge in [0.25, 0.3) is 5.56 Å². The highest BCUT2D eigenvalue weighted by Crippen LogP contribution is 2.32. The highest BCUT2D eigenvalue weighted by atomic mass is 32.2. The Morgan fingerprint density at radius 3 is 2.70 bits per heavy atom. The third-order valence-corrected chi connectivity index (χ3v) is 7.06. The zero-order chi connectivity index (χ0) is 22.9. The molecule has 0 aromatic heterocycles. The monoisotopic (exact) mass is 466 g/mol. The van der Waals surface area contributed by atoms with Crippen LogP contribution >= 0.6 is 11.8 Å². The fraction of sp³-hybridized carbons (Fsp3) is 0.435. The van der Waals surface area contributed by atoms with E-state index in [1.165, 1.54) is 16.4 Å². The maximum absolute atomic E-state index is 13.3. The Balaban J connectivity index is 1.48. The summed E-state index contributed by atoms with van der Waals surface area (Å²) in [5, 5.41) is 9.81. The summed E-state index contributed by atoms with van der Waals surface area (Å²) >= 11 is 1.29. The van der Waals surface area contributed by atoms with Crippen molar-refractivity contribution in [1.82, 2.24) is 30.0 Å². The van der Waals surface area contributed by atoms with Gasteiger partial charge in [0.05, 0.1) is 10.9 Å². The third-order valence-electron chi connectivity index (χ3n) is 5.97. The Bertz CT molecular complexity index is 1220. The van der Waals surface area contributed by atoms with Gasteiger partial charge in [-0.15, -0.1) is 5.10 Å². The average molecular weight is 467 g/mol. The number of rotatable bonds is 5. The van der Waals surface area contributed by atoms with Crippen molar-refractivity contribution >= 4 is 23.7 Å². The summed E-state index contributed by atoms with van der Waals surface area (Å²) in [6.07, 6.45) is 5.69. The second-order valence-electron chi connectivity index (χ2n) is 8.55. The highest BCUT2D eigenvalue weighted by molar-refractivity contribution is 8.00. The van der Waals surface area contributed by atoms with Crippen molar-refractivity contribution in [3.63, 3.8) is 0 Å². The molecule has 9 nitrogen and oxygen atoms in total. The van der Waals surface area contributed by atoms with Crippen molar-refractivity contribution < 1.29 is 9.59 Å². The van der Waals surface area contributed by atoms with E-state index in [4.69, 9.17) is 4.98 Å². The number of fused-ring (bicyclic) bond motifs is 3. The lowest BCUT2D eigenvalue weighted by Gasteiger charge is -2.19. The van der Waals surface area contributed by atoms with Gasteiger partial charge in [-0.2, -0.15) is 4.68 Å². The molecule has 3 amide bonds. The van der Waals surface area contributed by atoms with E-state index in [0.29, 0.717) is 22.2 Å². The number of hydrogen-bond acceptors (Lipinski definition) is 6. The summed E-state index contributed by atoms with van der Waals surface area (Å²) in [7, 11) is 0. The topological polar surface area (TPSA) is 111 Å². The standard InChI is InChI=1S/C23H26N6O3S/c1-14(20(30)26-22(32)24-15-11-12-15)33-23-25-19-18(17-10-6-3-7-13-28(17)23)21(31)29(27-19)16-8-4-2-5-9-16/h2,4-5,8-9,14-15H,3,6-7,10-13H2,1H3,(H2,24,26,30,32). The number of hydrogen-bond donors (Lipinski definition) is 2. The van der Waals surface area contributed by atoms with E-state index in [9.17, 15) is 14.4 Å². The third kappa shape index (κ3) is 4.52. The van der Waals surface area contributed by atoms with Gasteiger partial charge in [-0.1, -0.05) is 36.4 Å². The molecular formula is C23H26N6O3S. The summed E-state index contributed by atoms with van der Waals surface area (Å²) in [5.41, 5.74) is 1.99. The summed E-state index contributed by atoms with van der Waals surface area (Å²) in [6, 6.07) is 9.03. The molecule has 0 spiro atoms. The van der Waals surface area contributed by atoms with E-state index in [-0.39, 0.29) is 17.5 Å². The maximum Gasteiger partial charge on any atom is 0.321 e. The van der Waals surface area contributed by atoms with E-state index < -0.39 is 11.3 Å². The zero-order valence-electron chi connectivity index (χ0n) is 18.4. The smallest absolute Gasteiger partial charge is 0.321 e. The minimum Gasteiger partial charge on any atom is -0.335 e. The quantitative estimate of drug-likeness (QED) is 0.442. The molecule has 1 aliphatic carbocycles. The molecule has 172 valence electrons. The Morgan fingerprint density at radius 2 is 1.94 bits per heavy atom. The fourth-order valence-electron chi connectivity index (χ4n) is 4.06. The Hall–Kier alpha value is -3.14. The van der Waals surface area contributed by atoms with Gasteiger partial charge in [-0.25, -0.2) is 9.78 Å². The molecule has 0 radical (unpaired) electrons.